The highest BCUT2D eigenvalue weighted by Crippen LogP contribution is 2.15. The minimum Gasteiger partial charge on any atom is -0.487 e. The lowest BCUT2D eigenvalue weighted by Crippen LogP contribution is -1.99. The Labute approximate surface area is 126 Å². The number of ether oxygens (including phenoxy) is 1. The average molecular weight is 335 g/mol. The number of nitrogens with zero attached hydrogens (tertiary/aromatic N) is 2. The molecular formula is C15H15BrN2O2. The highest BCUT2D eigenvalue weighted by atomic mass is 79.9. The van der Waals surface area contributed by atoms with Crippen molar-refractivity contribution in [3.05, 3.63) is 58.3 Å². The van der Waals surface area contributed by atoms with Crippen LogP contribution < -0.4 is 4.74 Å². The van der Waals surface area contributed by atoms with Crippen LogP contribution >= 0.6 is 15.9 Å². The summed E-state index contributed by atoms with van der Waals surface area (Å²) in [5, 5.41) is 11.8. The molecule has 1 aromatic carbocycles. The smallest absolute Gasteiger partial charge is 0.130 e. The molecule has 0 unspecified atom stereocenters. The van der Waals surface area contributed by atoms with Crippen LogP contribution in [0.3, 0.4) is 0 Å². The summed E-state index contributed by atoms with van der Waals surface area (Å²) < 4.78 is 6.61. The molecule has 4 nitrogen and oxygen atoms in total. The molecule has 104 valence electrons. The van der Waals surface area contributed by atoms with Crippen LogP contribution in [0.2, 0.25) is 0 Å². The molecule has 1 heterocycles. The Balaban J connectivity index is 1.92. The van der Waals surface area contributed by atoms with Crippen LogP contribution in [0.25, 0.3) is 0 Å². The van der Waals surface area contributed by atoms with Crippen molar-refractivity contribution >= 4 is 21.6 Å². The first-order valence-corrected chi connectivity index (χ1v) is 6.96. The largest absolute Gasteiger partial charge is 0.487 e. The van der Waals surface area contributed by atoms with Crippen molar-refractivity contribution in [3.8, 4) is 5.75 Å². The normalized spacial score (nSPS) is 11.4. The van der Waals surface area contributed by atoms with Crippen molar-refractivity contribution in [1.29, 1.82) is 0 Å². The molecule has 0 amide bonds. The van der Waals surface area contributed by atoms with Gasteiger partial charge in [-0.2, -0.15) is 0 Å². The average Bonchev–Trinajstić information content (AvgIpc) is 2.48. The Morgan fingerprint density at radius 1 is 1.25 bits per heavy atom. The Kier molecular flexibility index (Phi) is 5.12. The lowest BCUT2D eigenvalue weighted by Gasteiger charge is -2.07. The van der Waals surface area contributed by atoms with Gasteiger partial charge in [0.15, 0.2) is 0 Å². The molecule has 0 bridgehead atoms. The van der Waals surface area contributed by atoms with E-state index in [2.05, 4.69) is 26.1 Å². The number of hydrogen-bond donors (Lipinski definition) is 1. The maximum atomic E-state index is 8.63. The third-order valence-corrected chi connectivity index (χ3v) is 3.20. The highest BCUT2D eigenvalue weighted by molar-refractivity contribution is 9.10. The fourth-order valence-corrected chi connectivity index (χ4v) is 1.92. The molecule has 0 aliphatic carbocycles. The summed E-state index contributed by atoms with van der Waals surface area (Å²) in [4.78, 5) is 4.25. The number of oxime groups is 1. The lowest BCUT2D eigenvalue weighted by atomic mass is 10.1. The zero-order valence-corrected chi connectivity index (χ0v) is 12.7. The second-order valence-corrected chi connectivity index (χ2v) is 5.33. The molecule has 0 saturated heterocycles. The van der Waals surface area contributed by atoms with Crippen molar-refractivity contribution in [1.82, 2.24) is 4.98 Å². The van der Waals surface area contributed by atoms with Gasteiger partial charge in [-0.05, 0) is 52.7 Å². The van der Waals surface area contributed by atoms with Crippen LogP contribution in [0.1, 0.15) is 18.2 Å². The minimum absolute atomic E-state index is 0.434. The molecule has 1 aromatic heterocycles. The van der Waals surface area contributed by atoms with Gasteiger partial charge in [-0.25, -0.2) is 0 Å². The Morgan fingerprint density at radius 2 is 2.00 bits per heavy atom. The van der Waals surface area contributed by atoms with Crippen molar-refractivity contribution in [2.24, 2.45) is 5.16 Å². The summed E-state index contributed by atoms with van der Waals surface area (Å²) >= 11 is 3.34. The summed E-state index contributed by atoms with van der Waals surface area (Å²) in [6.45, 7) is 2.22. The molecule has 0 aliphatic heterocycles. The van der Waals surface area contributed by atoms with E-state index < -0.39 is 0 Å². The predicted molar refractivity (Wildman–Crippen MR) is 81.3 cm³/mol. The van der Waals surface area contributed by atoms with Gasteiger partial charge in [0.05, 0.1) is 11.4 Å². The number of rotatable bonds is 5. The lowest BCUT2D eigenvalue weighted by molar-refractivity contribution is 0.301. The third kappa shape index (κ3) is 4.35. The van der Waals surface area contributed by atoms with Gasteiger partial charge in [-0.15, -0.1) is 0 Å². The predicted octanol–water partition coefficient (Wildman–Crippen LogP) is 3.82. The van der Waals surface area contributed by atoms with E-state index in [9.17, 15) is 0 Å². The van der Waals surface area contributed by atoms with Crippen LogP contribution in [0.4, 0.5) is 0 Å². The maximum absolute atomic E-state index is 8.63. The number of benzene rings is 1. The fourth-order valence-electron chi connectivity index (χ4n) is 1.68. The Bertz CT molecular complexity index is 580. The molecule has 0 saturated carbocycles. The van der Waals surface area contributed by atoms with E-state index in [-0.39, 0.29) is 0 Å². The summed E-state index contributed by atoms with van der Waals surface area (Å²) in [6.07, 6.45) is 2.38. The van der Waals surface area contributed by atoms with E-state index in [1.54, 1.807) is 13.1 Å². The van der Waals surface area contributed by atoms with Crippen LogP contribution in [0.15, 0.2) is 52.2 Å². The van der Waals surface area contributed by atoms with Crippen LogP contribution in [0, 0.1) is 0 Å². The number of hydrogen-bond acceptors (Lipinski definition) is 4. The molecule has 0 spiro atoms. The zero-order valence-electron chi connectivity index (χ0n) is 11.1. The first-order chi connectivity index (χ1) is 9.67. The molecule has 2 rings (SSSR count). The number of aromatic nitrogens is 1. The fraction of sp³-hybridized carbons (Fsp3) is 0.200. The van der Waals surface area contributed by atoms with Crippen LogP contribution in [-0.2, 0) is 13.0 Å². The van der Waals surface area contributed by atoms with E-state index in [0.717, 1.165) is 21.5 Å². The first-order valence-electron chi connectivity index (χ1n) is 6.17. The monoisotopic (exact) mass is 334 g/mol. The SMILES string of the molecule is C/C(Cc1ccc(OCc2ccc(Br)cn2)cc1)=N/O. The molecule has 2 aromatic rings. The van der Waals surface area contributed by atoms with Gasteiger partial charge in [0.2, 0.25) is 0 Å². The summed E-state index contributed by atoms with van der Waals surface area (Å²) in [5.41, 5.74) is 2.63. The van der Waals surface area contributed by atoms with Gasteiger partial charge in [0, 0.05) is 17.1 Å². The van der Waals surface area contributed by atoms with Crippen molar-refractivity contribution in [2.75, 3.05) is 0 Å². The zero-order chi connectivity index (χ0) is 14.4. The molecule has 0 radical (unpaired) electrons. The second kappa shape index (κ2) is 7.05. The maximum Gasteiger partial charge on any atom is 0.130 e. The molecule has 0 aliphatic rings. The highest BCUT2D eigenvalue weighted by Gasteiger charge is 2.00. The number of halogens is 1. The van der Waals surface area contributed by atoms with E-state index >= 15 is 0 Å². The molecule has 0 fully saturated rings. The second-order valence-electron chi connectivity index (χ2n) is 4.41. The summed E-state index contributed by atoms with van der Waals surface area (Å²) in [5.74, 6) is 0.789. The summed E-state index contributed by atoms with van der Waals surface area (Å²) in [7, 11) is 0. The van der Waals surface area contributed by atoms with E-state index in [0.29, 0.717) is 18.7 Å². The van der Waals surface area contributed by atoms with Gasteiger partial charge >= 0.3 is 0 Å². The Hall–Kier alpha value is -1.88. The molecule has 1 N–H and O–H groups in total. The van der Waals surface area contributed by atoms with Crippen molar-refractivity contribution in [3.63, 3.8) is 0 Å². The topological polar surface area (TPSA) is 54.7 Å². The van der Waals surface area contributed by atoms with Crippen molar-refractivity contribution < 1.29 is 9.94 Å². The third-order valence-electron chi connectivity index (χ3n) is 2.73. The summed E-state index contributed by atoms with van der Waals surface area (Å²) in [6, 6.07) is 11.6. The minimum atomic E-state index is 0.434. The molecule has 5 heteroatoms. The Morgan fingerprint density at radius 3 is 2.60 bits per heavy atom. The van der Waals surface area contributed by atoms with Crippen molar-refractivity contribution in [2.45, 2.75) is 20.0 Å². The van der Waals surface area contributed by atoms with E-state index in [4.69, 9.17) is 9.94 Å². The van der Waals surface area contributed by atoms with Gasteiger partial charge in [0.25, 0.3) is 0 Å². The van der Waals surface area contributed by atoms with Gasteiger partial charge < -0.3 is 9.94 Å². The number of pyridine rings is 1. The molecular weight excluding hydrogens is 320 g/mol. The van der Waals surface area contributed by atoms with Crippen LogP contribution in [0.5, 0.6) is 5.75 Å². The van der Waals surface area contributed by atoms with E-state index in [1.165, 1.54) is 0 Å². The van der Waals surface area contributed by atoms with Crippen LogP contribution in [-0.4, -0.2) is 15.9 Å². The van der Waals surface area contributed by atoms with Gasteiger partial charge in [-0.3, -0.25) is 4.98 Å². The van der Waals surface area contributed by atoms with Gasteiger partial charge in [0.1, 0.15) is 12.4 Å². The molecule has 0 atom stereocenters. The standard InChI is InChI=1S/C15H15BrN2O2/c1-11(18-19)8-12-2-6-15(7-3-12)20-10-14-5-4-13(16)9-17-14/h2-7,9,19H,8,10H2,1H3/b18-11-. The molecule has 20 heavy (non-hydrogen) atoms. The quantitative estimate of drug-likeness (QED) is 0.513. The van der Waals surface area contributed by atoms with Gasteiger partial charge in [-0.1, -0.05) is 17.3 Å². The van der Waals surface area contributed by atoms with E-state index in [1.807, 2.05) is 36.4 Å². The first kappa shape index (κ1) is 14.5.